The first-order valence-electron chi connectivity index (χ1n) is 13.6. The normalized spacial score (nSPS) is 15.1. The summed E-state index contributed by atoms with van der Waals surface area (Å²) < 4.78 is 32.2. The molecule has 0 saturated carbocycles. The number of carbonyl (C=O) groups excluding carboxylic acids is 1. The third kappa shape index (κ3) is 7.47. The molecule has 2 N–H and O–H groups in total. The Morgan fingerprint density at radius 2 is 1.58 bits per heavy atom. The Kier molecular flexibility index (Phi) is 9.20. The van der Waals surface area contributed by atoms with Crippen LogP contribution in [0.4, 0.5) is 11.4 Å². The molecule has 11 heteroatoms. The van der Waals surface area contributed by atoms with E-state index >= 15 is 0 Å². The highest BCUT2D eigenvalue weighted by atomic mass is 35.5. The number of halogens is 1. The van der Waals surface area contributed by atoms with Gasteiger partial charge < -0.3 is 10.2 Å². The summed E-state index contributed by atoms with van der Waals surface area (Å²) in [5.74, 6) is 0.0794. The van der Waals surface area contributed by atoms with Crippen LogP contribution in [0.2, 0.25) is 5.02 Å². The molecule has 43 heavy (non-hydrogen) atoms. The molecule has 0 spiro atoms. The van der Waals surface area contributed by atoms with E-state index in [1.54, 1.807) is 53.5 Å². The second kappa shape index (κ2) is 13.2. The Morgan fingerprint density at radius 1 is 0.884 bits per heavy atom. The van der Waals surface area contributed by atoms with Crippen LogP contribution in [0, 0.1) is 5.92 Å². The van der Waals surface area contributed by atoms with E-state index in [1.807, 2.05) is 47.4 Å². The summed E-state index contributed by atoms with van der Waals surface area (Å²) in [6, 6.07) is 25.9. The SMILES string of the molecule is O=C1C(CNc2ccncc2)CCCN1c1ccc(-n2ccccc2=O)cc1.O=S(=O)(O)c1ccc2cc(Cl)ccc2c1. The Morgan fingerprint density at radius 3 is 2.30 bits per heavy atom. The third-order valence-electron chi connectivity index (χ3n) is 7.12. The molecule has 1 amide bonds. The van der Waals surface area contributed by atoms with Gasteiger partial charge in [0.1, 0.15) is 0 Å². The van der Waals surface area contributed by atoms with E-state index in [2.05, 4.69) is 10.3 Å². The summed E-state index contributed by atoms with van der Waals surface area (Å²) in [5, 5.41) is 5.46. The summed E-state index contributed by atoms with van der Waals surface area (Å²) in [6.07, 6.45) is 7.05. The van der Waals surface area contributed by atoms with Gasteiger partial charge in [0.15, 0.2) is 0 Å². The summed E-state index contributed by atoms with van der Waals surface area (Å²) in [4.78, 5) is 30.7. The first-order chi connectivity index (χ1) is 20.7. The van der Waals surface area contributed by atoms with E-state index < -0.39 is 10.1 Å². The van der Waals surface area contributed by atoms with Gasteiger partial charge in [0, 0.05) is 59.8 Å². The van der Waals surface area contributed by atoms with E-state index in [-0.39, 0.29) is 22.3 Å². The lowest BCUT2D eigenvalue weighted by Gasteiger charge is -2.32. The highest BCUT2D eigenvalue weighted by Crippen LogP contribution is 2.26. The van der Waals surface area contributed by atoms with Crippen LogP contribution in [-0.2, 0) is 14.9 Å². The number of rotatable bonds is 6. The average Bonchev–Trinajstić information content (AvgIpc) is 3.01. The minimum absolute atomic E-state index is 0.0571. The van der Waals surface area contributed by atoms with Gasteiger partial charge in [0.25, 0.3) is 15.7 Å². The minimum Gasteiger partial charge on any atom is -0.384 e. The number of hydrogen-bond acceptors (Lipinski definition) is 6. The number of amides is 1. The summed E-state index contributed by atoms with van der Waals surface area (Å²) >= 11 is 5.78. The van der Waals surface area contributed by atoms with E-state index in [9.17, 15) is 18.0 Å². The number of hydrogen-bond donors (Lipinski definition) is 2. The zero-order valence-electron chi connectivity index (χ0n) is 23.0. The maximum Gasteiger partial charge on any atom is 0.294 e. The van der Waals surface area contributed by atoms with Crippen LogP contribution in [0.5, 0.6) is 0 Å². The van der Waals surface area contributed by atoms with Gasteiger partial charge in [-0.1, -0.05) is 29.8 Å². The molecule has 5 aromatic rings. The maximum absolute atomic E-state index is 13.0. The van der Waals surface area contributed by atoms with Gasteiger partial charge in [0.2, 0.25) is 5.91 Å². The summed E-state index contributed by atoms with van der Waals surface area (Å²) in [5.41, 5.74) is 2.55. The van der Waals surface area contributed by atoms with Gasteiger partial charge >= 0.3 is 0 Å². The average molecular weight is 617 g/mol. The molecule has 1 saturated heterocycles. The van der Waals surface area contributed by atoms with Gasteiger partial charge in [-0.3, -0.25) is 23.7 Å². The second-order valence-electron chi connectivity index (χ2n) is 10.00. The van der Waals surface area contributed by atoms with Crippen molar-refractivity contribution < 1.29 is 17.8 Å². The highest BCUT2D eigenvalue weighted by molar-refractivity contribution is 7.85. The molecule has 3 aromatic carbocycles. The van der Waals surface area contributed by atoms with E-state index in [4.69, 9.17) is 16.2 Å². The molecule has 1 fully saturated rings. The number of fused-ring (bicyclic) bond motifs is 1. The second-order valence-corrected chi connectivity index (χ2v) is 11.9. The topological polar surface area (TPSA) is 122 Å². The smallest absolute Gasteiger partial charge is 0.294 e. The predicted octanol–water partition coefficient (Wildman–Crippen LogP) is 5.83. The zero-order chi connectivity index (χ0) is 30.4. The fourth-order valence-corrected chi connectivity index (χ4v) is 5.59. The van der Waals surface area contributed by atoms with Crippen molar-refractivity contribution in [2.24, 2.45) is 5.92 Å². The largest absolute Gasteiger partial charge is 0.384 e. The van der Waals surface area contributed by atoms with E-state index in [1.165, 1.54) is 18.2 Å². The molecule has 0 radical (unpaired) electrons. The molecular weight excluding hydrogens is 588 g/mol. The van der Waals surface area contributed by atoms with Crippen LogP contribution >= 0.6 is 11.6 Å². The van der Waals surface area contributed by atoms with Crippen molar-refractivity contribution in [3.8, 4) is 5.69 Å². The lowest BCUT2D eigenvalue weighted by molar-refractivity contribution is -0.123. The fourth-order valence-electron chi connectivity index (χ4n) is 4.90. The van der Waals surface area contributed by atoms with Crippen LogP contribution in [0.1, 0.15) is 12.8 Å². The van der Waals surface area contributed by atoms with Crippen molar-refractivity contribution in [2.75, 3.05) is 23.3 Å². The Balaban J connectivity index is 0.000000207. The predicted molar refractivity (Wildman–Crippen MR) is 169 cm³/mol. The summed E-state index contributed by atoms with van der Waals surface area (Å²) in [6.45, 7) is 1.33. The van der Waals surface area contributed by atoms with Gasteiger partial charge in [-0.15, -0.1) is 0 Å². The number of carbonyl (C=O) groups is 1. The first kappa shape index (κ1) is 30.0. The Hall–Kier alpha value is -4.51. The van der Waals surface area contributed by atoms with Gasteiger partial charge in [-0.05, 0) is 90.3 Å². The van der Waals surface area contributed by atoms with Gasteiger partial charge in [0.05, 0.1) is 10.8 Å². The number of nitrogens with one attached hydrogen (secondary N) is 1. The molecule has 0 bridgehead atoms. The van der Waals surface area contributed by atoms with Crippen molar-refractivity contribution >= 4 is 49.8 Å². The van der Waals surface area contributed by atoms with Crippen molar-refractivity contribution in [1.29, 1.82) is 0 Å². The molecule has 3 heterocycles. The number of pyridine rings is 2. The molecule has 9 nitrogen and oxygen atoms in total. The molecule has 2 aromatic heterocycles. The molecular formula is C32H29ClN4O5S. The van der Waals surface area contributed by atoms with Crippen LogP contribution in [0.25, 0.3) is 16.5 Å². The number of piperidine rings is 1. The molecule has 220 valence electrons. The number of benzene rings is 3. The zero-order valence-corrected chi connectivity index (χ0v) is 24.6. The fraction of sp³-hybridized carbons (Fsp3) is 0.156. The molecule has 1 aliphatic heterocycles. The number of anilines is 2. The molecule has 1 unspecified atom stereocenters. The van der Waals surface area contributed by atoms with Crippen LogP contribution in [0.3, 0.4) is 0 Å². The quantitative estimate of drug-likeness (QED) is 0.230. The van der Waals surface area contributed by atoms with Gasteiger partial charge in [-0.25, -0.2) is 0 Å². The maximum atomic E-state index is 13.0. The van der Waals surface area contributed by atoms with Crippen molar-refractivity contribution in [2.45, 2.75) is 17.7 Å². The van der Waals surface area contributed by atoms with Crippen molar-refractivity contribution in [3.05, 3.63) is 125 Å². The lowest BCUT2D eigenvalue weighted by Crippen LogP contribution is -2.43. The molecule has 6 rings (SSSR count). The van der Waals surface area contributed by atoms with Crippen molar-refractivity contribution in [3.63, 3.8) is 0 Å². The number of aromatic nitrogens is 2. The third-order valence-corrected chi connectivity index (χ3v) is 8.20. The summed E-state index contributed by atoms with van der Waals surface area (Å²) in [7, 11) is -4.14. The highest BCUT2D eigenvalue weighted by Gasteiger charge is 2.29. The molecule has 0 aliphatic carbocycles. The van der Waals surface area contributed by atoms with Crippen LogP contribution in [0.15, 0.2) is 119 Å². The first-order valence-corrected chi connectivity index (χ1v) is 15.4. The van der Waals surface area contributed by atoms with Crippen LogP contribution < -0.4 is 15.8 Å². The minimum atomic E-state index is -4.14. The van der Waals surface area contributed by atoms with Crippen molar-refractivity contribution in [1.82, 2.24) is 9.55 Å². The Labute approximate surface area is 254 Å². The Bertz CT molecular complexity index is 1900. The molecule has 1 aliphatic rings. The monoisotopic (exact) mass is 616 g/mol. The lowest BCUT2D eigenvalue weighted by atomic mass is 9.96. The van der Waals surface area contributed by atoms with E-state index in [0.717, 1.165) is 47.2 Å². The molecule has 1 atom stereocenters. The van der Waals surface area contributed by atoms with Gasteiger partial charge in [-0.2, -0.15) is 8.42 Å². The van der Waals surface area contributed by atoms with E-state index in [0.29, 0.717) is 11.6 Å². The number of nitrogens with zero attached hydrogens (tertiary/aromatic N) is 3. The standard InChI is InChI=1S/C22H22N4O2.C10H7ClO3S/c27-21-5-1-2-14-25(21)19-6-8-20(9-7-19)26-15-3-4-17(22(26)28)16-24-18-10-12-23-13-11-18;11-9-3-1-8-6-10(15(12,13)14)4-2-7(8)5-9/h1-2,5-14,17H,3-4,15-16H2,(H,23,24);1-6H,(H,12,13,14). The van der Waals surface area contributed by atoms with Crippen LogP contribution in [-0.4, -0.2) is 41.5 Å².